The molecular weight excluding hydrogens is 416 g/mol. The number of thioether (sulfide) groups is 1. The third-order valence-electron chi connectivity index (χ3n) is 4.07. The topological polar surface area (TPSA) is 92.9 Å². The molecule has 2 aromatic carbocycles. The summed E-state index contributed by atoms with van der Waals surface area (Å²) in [7, 11) is 0. The molecule has 1 aliphatic heterocycles. The number of halogens is 4. The lowest BCUT2D eigenvalue weighted by Crippen LogP contribution is -2.44. The Morgan fingerprint density at radius 2 is 1.93 bits per heavy atom. The first-order chi connectivity index (χ1) is 13.5. The van der Waals surface area contributed by atoms with E-state index in [0.29, 0.717) is 10.5 Å². The predicted octanol–water partition coefficient (Wildman–Crippen LogP) is 3.39. The highest BCUT2D eigenvalue weighted by Crippen LogP contribution is 2.37. The Labute approximate surface area is 166 Å². The zero-order valence-corrected chi connectivity index (χ0v) is 15.4. The molecule has 1 heterocycles. The van der Waals surface area contributed by atoms with Crippen LogP contribution >= 0.6 is 11.8 Å². The monoisotopic (exact) mass is 430 g/mol. The van der Waals surface area contributed by atoms with Crippen molar-refractivity contribution in [3.8, 4) is 5.75 Å². The molecule has 0 spiro atoms. The van der Waals surface area contributed by atoms with Crippen LogP contribution in [0.4, 0.5) is 23.2 Å². The second-order valence-corrected chi connectivity index (χ2v) is 7.20. The van der Waals surface area contributed by atoms with Crippen LogP contribution in [0.2, 0.25) is 0 Å². The Balaban J connectivity index is 1.96. The summed E-state index contributed by atoms with van der Waals surface area (Å²) in [5.74, 6) is -3.22. The molecule has 11 heteroatoms. The molecule has 154 valence electrons. The largest absolute Gasteiger partial charge is 0.573 e. The highest BCUT2D eigenvalue weighted by molar-refractivity contribution is 7.99. The lowest BCUT2D eigenvalue weighted by Gasteiger charge is -2.25. The van der Waals surface area contributed by atoms with Crippen LogP contribution in [0, 0.1) is 5.82 Å². The van der Waals surface area contributed by atoms with Crippen LogP contribution in [-0.2, 0) is 11.3 Å². The van der Waals surface area contributed by atoms with Gasteiger partial charge in [0.25, 0.3) is 0 Å². The van der Waals surface area contributed by atoms with Crippen LogP contribution < -0.4 is 15.4 Å². The highest BCUT2D eigenvalue weighted by Gasteiger charge is 2.32. The van der Waals surface area contributed by atoms with Gasteiger partial charge in [0.1, 0.15) is 11.6 Å². The second kappa shape index (κ2) is 7.91. The molecule has 0 bridgehead atoms. The smallest absolute Gasteiger partial charge is 0.478 e. The van der Waals surface area contributed by atoms with E-state index >= 15 is 0 Å². The maximum Gasteiger partial charge on any atom is 0.573 e. The number of hydrogen-bond donors (Lipinski definition) is 2. The lowest BCUT2D eigenvalue weighted by atomic mass is 10.1. The quantitative estimate of drug-likeness (QED) is 0.723. The fraction of sp³-hybridized carbons (Fsp3) is 0.222. The van der Waals surface area contributed by atoms with Crippen molar-refractivity contribution in [2.75, 3.05) is 10.7 Å². The molecule has 29 heavy (non-hydrogen) atoms. The summed E-state index contributed by atoms with van der Waals surface area (Å²) in [5.41, 5.74) is 5.87. The molecule has 1 atom stereocenters. The number of nitrogens with zero attached hydrogens (tertiary/aromatic N) is 1. The molecular formula is C18H14F4N2O4S. The Bertz CT molecular complexity index is 950. The first-order valence-electron chi connectivity index (χ1n) is 8.16. The number of aromatic carboxylic acids is 1. The SMILES string of the molecule is N[C@H]1CSc2cc(F)c(C(=O)O)cc2N(Cc2ccc(OC(F)(F)F)cc2)C1=O. The molecule has 3 rings (SSSR count). The van der Waals surface area contributed by atoms with E-state index < -0.39 is 41.4 Å². The zero-order valence-electron chi connectivity index (χ0n) is 14.6. The number of rotatable bonds is 4. The summed E-state index contributed by atoms with van der Waals surface area (Å²) >= 11 is 1.11. The van der Waals surface area contributed by atoms with Gasteiger partial charge in [-0.25, -0.2) is 9.18 Å². The average Bonchev–Trinajstić information content (AvgIpc) is 2.73. The minimum Gasteiger partial charge on any atom is -0.478 e. The number of ether oxygens (including phenoxy) is 1. The number of hydrogen-bond acceptors (Lipinski definition) is 5. The number of carbonyl (C=O) groups excluding carboxylic acids is 1. The number of carbonyl (C=O) groups is 2. The molecule has 6 nitrogen and oxygen atoms in total. The Kier molecular flexibility index (Phi) is 5.71. The van der Waals surface area contributed by atoms with Gasteiger partial charge in [-0.05, 0) is 29.8 Å². The Morgan fingerprint density at radius 1 is 1.28 bits per heavy atom. The zero-order chi connectivity index (χ0) is 21.3. The predicted molar refractivity (Wildman–Crippen MR) is 96.4 cm³/mol. The molecule has 1 aliphatic rings. The van der Waals surface area contributed by atoms with Gasteiger partial charge in [0.15, 0.2) is 0 Å². The van der Waals surface area contributed by atoms with Crippen LogP contribution in [0.25, 0.3) is 0 Å². The van der Waals surface area contributed by atoms with Crippen LogP contribution in [0.5, 0.6) is 5.75 Å². The summed E-state index contributed by atoms with van der Waals surface area (Å²) in [6.45, 7) is -0.100. The van der Waals surface area contributed by atoms with Crippen molar-refractivity contribution in [1.82, 2.24) is 0 Å². The third-order valence-corrected chi connectivity index (χ3v) is 5.23. The Hall–Kier alpha value is -2.79. The van der Waals surface area contributed by atoms with Crippen LogP contribution in [0.3, 0.4) is 0 Å². The van der Waals surface area contributed by atoms with Gasteiger partial charge < -0.3 is 20.5 Å². The van der Waals surface area contributed by atoms with Gasteiger partial charge in [0.2, 0.25) is 5.91 Å². The lowest BCUT2D eigenvalue weighted by molar-refractivity contribution is -0.274. The van der Waals surface area contributed by atoms with Gasteiger partial charge in [0.05, 0.1) is 23.8 Å². The highest BCUT2D eigenvalue weighted by atomic mass is 32.2. The third kappa shape index (κ3) is 4.80. The number of alkyl halides is 3. The van der Waals surface area contributed by atoms with Gasteiger partial charge in [-0.2, -0.15) is 0 Å². The fourth-order valence-electron chi connectivity index (χ4n) is 2.75. The summed E-state index contributed by atoms with van der Waals surface area (Å²) in [6.07, 6.45) is -4.83. The minimum atomic E-state index is -4.83. The molecule has 0 fully saturated rings. The molecule has 0 unspecified atom stereocenters. The number of benzene rings is 2. The average molecular weight is 430 g/mol. The van der Waals surface area contributed by atoms with Crippen molar-refractivity contribution in [1.29, 1.82) is 0 Å². The number of carboxylic acids is 1. The molecule has 1 amide bonds. The van der Waals surface area contributed by atoms with E-state index in [1.165, 1.54) is 17.0 Å². The van der Waals surface area contributed by atoms with Crippen molar-refractivity contribution in [3.05, 3.63) is 53.3 Å². The number of fused-ring (bicyclic) bond motifs is 1. The van der Waals surface area contributed by atoms with Crippen molar-refractivity contribution >= 4 is 29.3 Å². The van der Waals surface area contributed by atoms with E-state index in [2.05, 4.69) is 4.74 Å². The summed E-state index contributed by atoms with van der Waals surface area (Å²) in [4.78, 5) is 25.5. The van der Waals surface area contributed by atoms with Gasteiger partial charge in [-0.3, -0.25) is 4.79 Å². The number of nitrogens with two attached hydrogens (primary N) is 1. The van der Waals surface area contributed by atoms with Gasteiger partial charge in [-0.15, -0.1) is 24.9 Å². The first-order valence-corrected chi connectivity index (χ1v) is 9.15. The fourth-order valence-corrected chi connectivity index (χ4v) is 3.75. The number of amides is 1. The normalized spacial score (nSPS) is 16.9. The standard InChI is InChI=1S/C18H14F4N2O4S/c19-12-6-15-14(5-11(12)17(26)27)24(16(25)13(23)8-29-15)7-9-1-3-10(4-2-9)28-18(20,21)22/h1-6,13H,7-8,23H2,(H,26,27)/t13-/m0/s1. The van der Waals surface area contributed by atoms with Crippen molar-refractivity contribution < 1.29 is 37.0 Å². The maximum atomic E-state index is 14.1. The number of carboxylic acid groups (broad SMARTS) is 1. The van der Waals surface area contributed by atoms with Crippen LogP contribution in [0.1, 0.15) is 15.9 Å². The van der Waals surface area contributed by atoms with Gasteiger partial charge in [-0.1, -0.05) is 12.1 Å². The van der Waals surface area contributed by atoms with E-state index in [4.69, 9.17) is 5.73 Å². The molecule has 0 aromatic heterocycles. The summed E-state index contributed by atoms with van der Waals surface area (Å²) in [6, 6.07) is 6.01. The number of anilines is 1. The molecule has 0 saturated heterocycles. The van der Waals surface area contributed by atoms with Crippen molar-refractivity contribution in [2.24, 2.45) is 5.73 Å². The Morgan fingerprint density at radius 3 is 2.52 bits per heavy atom. The molecule has 0 radical (unpaired) electrons. The van der Waals surface area contributed by atoms with E-state index in [1.807, 2.05) is 0 Å². The van der Waals surface area contributed by atoms with Crippen LogP contribution in [-0.4, -0.2) is 35.1 Å². The maximum absolute atomic E-state index is 14.1. The van der Waals surface area contributed by atoms with E-state index in [1.54, 1.807) is 0 Å². The molecule has 0 aliphatic carbocycles. The van der Waals surface area contributed by atoms with E-state index in [-0.39, 0.29) is 18.0 Å². The van der Waals surface area contributed by atoms with E-state index in [9.17, 15) is 32.3 Å². The summed E-state index contributed by atoms with van der Waals surface area (Å²) < 4.78 is 54.7. The molecule has 0 saturated carbocycles. The summed E-state index contributed by atoms with van der Waals surface area (Å²) in [5, 5.41) is 9.17. The van der Waals surface area contributed by atoms with Gasteiger partial charge in [0, 0.05) is 10.6 Å². The molecule has 2 aromatic rings. The first kappa shape index (κ1) is 20.9. The second-order valence-electron chi connectivity index (χ2n) is 6.14. The minimum absolute atomic E-state index is 0.100. The van der Waals surface area contributed by atoms with Crippen molar-refractivity contribution in [2.45, 2.75) is 23.8 Å². The molecule has 3 N–H and O–H groups in total. The van der Waals surface area contributed by atoms with Crippen LogP contribution in [0.15, 0.2) is 41.3 Å². The van der Waals surface area contributed by atoms with Crippen molar-refractivity contribution in [3.63, 3.8) is 0 Å². The van der Waals surface area contributed by atoms with E-state index in [0.717, 1.165) is 36.0 Å². The van der Waals surface area contributed by atoms with Gasteiger partial charge >= 0.3 is 12.3 Å².